The lowest BCUT2D eigenvalue weighted by Crippen LogP contribution is -2.50. The van der Waals surface area contributed by atoms with Crippen LogP contribution in [0.15, 0.2) is 90.6 Å². The molecule has 0 unspecified atom stereocenters. The highest BCUT2D eigenvalue weighted by atomic mass is 16.6. The maximum atomic E-state index is 12.4. The van der Waals surface area contributed by atoms with Gasteiger partial charge < -0.3 is 29.5 Å². The largest absolute Gasteiger partial charge is 0.445 e. The number of piperidine rings is 2. The summed E-state index contributed by atoms with van der Waals surface area (Å²) in [6.45, 7) is 19.8. The Hall–Kier alpha value is -4.24. The Labute approximate surface area is 294 Å². The number of rotatable bonds is 7. The average molecular weight is 672 g/mol. The maximum absolute atomic E-state index is 12.4. The number of anilines is 2. The molecule has 2 amide bonds. The number of hydrogen-bond donors (Lipinski definition) is 1. The molecule has 266 valence electrons. The molecule has 0 aliphatic carbocycles. The van der Waals surface area contributed by atoms with Gasteiger partial charge >= 0.3 is 12.2 Å². The highest BCUT2D eigenvalue weighted by molar-refractivity contribution is 5.69. The zero-order valence-corrected chi connectivity index (χ0v) is 30.3. The molecule has 0 aromatic heterocycles. The number of hydrogen-bond acceptors (Lipinski definition) is 7. The van der Waals surface area contributed by atoms with Crippen molar-refractivity contribution in [2.75, 3.05) is 76.2 Å². The highest BCUT2D eigenvalue weighted by Crippen LogP contribution is 2.26. The molecule has 2 aromatic carbocycles. The first-order chi connectivity index (χ1) is 23.6. The summed E-state index contributed by atoms with van der Waals surface area (Å²) in [5.74, 6) is 0.740. The van der Waals surface area contributed by atoms with Crippen molar-refractivity contribution in [3.05, 3.63) is 96.1 Å². The molecule has 3 aliphatic rings. The first-order valence-corrected chi connectivity index (χ1v) is 17.7. The fourth-order valence-electron chi connectivity index (χ4n) is 6.42. The molecular formula is C40H57N5O4. The van der Waals surface area contributed by atoms with E-state index in [-0.39, 0.29) is 12.2 Å². The van der Waals surface area contributed by atoms with Crippen molar-refractivity contribution in [3.8, 4) is 0 Å². The first-order valence-electron chi connectivity index (χ1n) is 17.7. The number of nitrogens with one attached hydrogen (secondary N) is 1. The van der Waals surface area contributed by atoms with Crippen LogP contribution in [-0.4, -0.2) is 98.4 Å². The standard InChI is InChI=1S/C25H34N4O2.C15H23NO2/c1-26-23-7-9-24(10-8-23)28-13-11-21(12-14-28)19-27-15-17-29(18-16-27)25(30)31-20-22-5-3-2-4-6-22;1-6-8-13-11-16(10-9-12(13)7-2)14(17)18-15(3,4)5/h2-10,21,26H,11-20H2,1H3;6-8H,1,9-11H2,2-5H3/b;12-7-,13-8-. The van der Waals surface area contributed by atoms with Crippen LogP contribution in [0, 0.1) is 5.92 Å². The van der Waals surface area contributed by atoms with E-state index in [0.29, 0.717) is 19.7 Å². The molecular weight excluding hydrogens is 614 g/mol. The van der Waals surface area contributed by atoms with Crippen LogP contribution in [0.3, 0.4) is 0 Å². The maximum Gasteiger partial charge on any atom is 0.410 e. The Morgan fingerprint density at radius 1 is 0.878 bits per heavy atom. The number of nitrogens with zero attached hydrogens (tertiary/aromatic N) is 4. The summed E-state index contributed by atoms with van der Waals surface area (Å²) in [4.78, 5) is 32.9. The minimum atomic E-state index is -0.444. The summed E-state index contributed by atoms with van der Waals surface area (Å²) in [6, 6.07) is 18.6. The Morgan fingerprint density at radius 2 is 1.55 bits per heavy atom. The summed E-state index contributed by atoms with van der Waals surface area (Å²) in [6.07, 6.45) is 8.72. The van der Waals surface area contributed by atoms with Gasteiger partial charge in [-0.15, -0.1) is 0 Å². The van der Waals surface area contributed by atoms with E-state index in [1.807, 2.05) is 76.1 Å². The van der Waals surface area contributed by atoms with Gasteiger partial charge in [-0.1, -0.05) is 55.1 Å². The third kappa shape index (κ3) is 12.0. The predicted octanol–water partition coefficient (Wildman–Crippen LogP) is 7.59. The number of carbonyl (C=O) groups is 2. The first kappa shape index (κ1) is 37.6. The normalized spacial score (nSPS) is 19.2. The van der Waals surface area contributed by atoms with Crippen LogP contribution in [0.4, 0.5) is 21.0 Å². The lowest BCUT2D eigenvalue weighted by molar-refractivity contribution is 0.0259. The zero-order valence-electron chi connectivity index (χ0n) is 30.3. The van der Waals surface area contributed by atoms with Crippen LogP contribution in [0.1, 0.15) is 52.5 Å². The van der Waals surface area contributed by atoms with Gasteiger partial charge in [0.25, 0.3) is 0 Å². The van der Waals surface area contributed by atoms with E-state index in [4.69, 9.17) is 9.47 Å². The van der Waals surface area contributed by atoms with Crippen LogP contribution in [0.2, 0.25) is 0 Å². The van der Waals surface area contributed by atoms with E-state index in [2.05, 4.69) is 52.0 Å². The summed E-state index contributed by atoms with van der Waals surface area (Å²) in [5, 5.41) is 3.18. The molecule has 0 spiro atoms. The number of allylic oxidation sites excluding steroid dienone is 3. The molecule has 0 atom stereocenters. The molecule has 3 aliphatic heterocycles. The van der Waals surface area contributed by atoms with E-state index < -0.39 is 5.60 Å². The fraction of sp³-hybridized carbons (Fsp3) is 0.500. The van der Waals surface area contributed by atoms with Gasteiger partial charge in [-0.2, -0.15) is 0 Å². The third-order valence-electron chi connectivity index (χ3n) is 9.23. The minimum Gasteiger partial charge on any atom is -0.445 e. The van der Waals surface area contributed by atoms with E-state index in [0.717, 1.165) is 75.0 Å². The number of ether oxygens (including phenoxy) is 2. The Kier molecular flexibility index (Phi) is 14.2. The van der Waals surface area contributed by atoms with Gasteiger partial charge in [0, 0.05) is 77.3 Å². The molecule has 2 aromatic rings. The number of piperazine rings is 1. The highest BCUT2D eigenvalue weighted by Gasteiger charge is 2.27. The minimum absolute atomic E-state index is 0.193. The quantitative estimate of drug-likeness (QED) is 0.325. The summed E-state index contributed by atoms with van der Waals surface area (Å²) in [7, 11) is 1.95. The lowest BCUT2D eigenvalue weighted by Gasteiger charge is -2.39. The Morgan fingerprint density at radius 3 is 2.14 bits per heavy atom. The topological polar surface area (TPSA) is 77.6 Å². The van der Waals surface area contributed by atoms with Gasteiger partial charge in [-0.05, 0) is 93.9 Å². The van der Waals surface area contributed by atoms with E-state index in [9.17, 15) is 9.59 Å². The monoisotopic (exact) mass is 671 g/mol. The molecule has 0 bridgehead atoms. The Bertz CT molecular complexity index is 1400. The molecule has 0 saturated carbocycles. The van der Waals surface area contributed by atoms with Crippen molar-refractivity contribution in [3.63, 3.8) is 0 Å². The zero-order chi connectivity index (χ0) is 35.2. The third-order valence-corrected chi connectivity index (χ3v) is 9.23. The smallest absolute Gasteiger partial charge is 0.410 e. The second kappa shape index (κ2) is 18.5. The van der Waals surface area contributed by atoms with Gasteiger partial charge in [-0.3, -0.25) is 4.90 Å². The Balaban J connectivity index is 0.000000257. The van der Waals surface area contributed by atoms with Gasteiger partial charge in [0.1, 0.15) is 12.2 Å². The van der Waals surface area contributed by atoms with Crippen LogP contribution >= 0.6 is 0 Å². The second-order valence-corrected chi connectivity index (χ2v) is 13.9. The van der Waals surface area contributed by atoms with Crippen LogP contribution in [-0.2, 0) is 16.1 Å². The van der Waals surface area contributed by atoms with E-state index in [1.54, 1.807) is 11.0 Å². The van der Waals surface area contributed by atoms with Gasteiger partial charge in [0.05, 0.1) is 0 Å². The van der Waals surface area contributed by atoms with Crippen molar-refractivity contribution in [2.24, 2.45) is 5.92 Å². The average Bonchev–Trinajstić information content (AvgIpc) is 3.11. The van der Waals surface area contributed by atoms with Crippen molar-refractivity contribution in [1.29, 1.82) is 0 Å². The van der Waals surface area contributed by atoms with Crippen molar-refractivity contribution < 1.29 is 19.1 Å². The molecule has 0 radical (unpaired) electrons. The fourth-order valence-corrected chi connectivity index (χ4v) is 6.42. The van der Waals surface area contributed by atoms with Crippen LogP contribution in [0.25, 0.3) is 0 Å². The van der Waals surface area contributed by atoms with Crippen LogP contribution < -0.4 is 10.2 Å². The second-order valence-electron chi connectivity index (χ2n) is 13.9. The van der Waals surface area contributed by atoms with Crippen molar-refractivity contribution in [1.82, 2.24) is 14.7 Å². The molecule has 9 nitrogen and oxygen atoms in total. The van der Waals surface area contributed by atoms with E-state index in [1.165, 1.54) is 24.1 Å². The number of carbonyl (C=O) groups excluding carboxylic acids is 2. The van der Waals surface area contributed by atoms with Crippen LogP contribution in [0.5, 0.6) is 0 Å². The molecule has 3 fully saturated rings. The van der Waals surface area contributed by atoms with Crippen molar-refractivity contribution in [2.45, 2.75) is 59.2 Å². The van der Waals surface area contributed by atoms with Gasteiger partial charge in [0.15, 0.2) is 0 Å². The number of amides is 2. The van der Waals surface area contributed by atoms with Gasteiger partial charge in [-0.25, -0.2) is 9.59 Å². The molecule has 3 saturated heterocycles. The summed E-state index contributed by atoms with van der Waals surface area (Å²) < 4.78 is 10.9. The molecule has 9 heteroatoms. The summed E-state index contributed by atoms with van der Waals surface area (Å²) >= 11 is 0. The van der Waals surface area contributed by atoms with Gasteiger partial charge in [0.2, 0.25) is 0 Å². The lowest BCUT2D eigenvalue weighted by atomic mass is 9.95. The summed E-state index contributed by atoms with van der Waals surface area (Å²) in [5.41, 5.74) is 5.49. The molecule has 1 N–H and O–H groups in total. The molecule has 5 rings (SSSR count). The SMILES string of the molecule is C=C/C=C1/CN(C(=O)OC(C)(C)C)CC/C1=C/C.CNc1ccc(N2CCC(CN3CCN(C(=O)OCc4ccccc4)CC3)CC2)cc1. The molecule has 49 heavy (non-hydrogen) atoms. The van der Waals surface area contributed by atoms with Crippen molar-refractivity contribution >= 4 is 23.6 Å². The molecule has 3 heterocycles. The van der Waals surface area contributed by atoms with E-state index >= 15 is 0 Å². The number of benzene rings is 2. The predicted molar refractivity (Wildman–Crippen MR) is 200 cm³/mol. The number of likely N-dealkylation sites (tertiary alicyclic amines) is 1.